The maximum Gasteiger partial charge on any atom is 0.189 e. The van der Waals surface area contributed by atoms with Crippen LogP contribution in [0.5, 0.6) is 0 Å². The van der Waals surface area contributed by atoms with Crippen molar-refractivity contribution in [2.45, 2.75) is 20.3 Å². The van der Waals surface area contributed by atoms with E-state index in [1.54, 1.807) is 23.5 Å². The van der Waals surface area contributed by atoms with E-state index in [4.69, 9.17) is 0 Å². The number of allylic oxidation sites excluding steroid dienone is 2. The van der Waals surface area contributed by atoms with E-state index in [1.807, 2.05) is 31.2 Å². The SMILES string of the molecule is C=NC(CC)=C(C)N(C)c1nc(-c2ccc(F)cc2)cs1. The summed E-state index contributed by atoms with van der Waals surface area (Å²) in [4.78, 5) is 10.7. The molecule has 1 heterocycles. The maximum atomic E-state index is 13.0. The number of nitrogens with zero attached hydrogens (tertiary/aromatic N) is 3. The van der Waals surface area contributed by atoms with Gasteiger partial charge in [-0.1, -0.05) is 6.92 Å². The van der Waals surface area contributed by atoms with Gasteiger partial charge in [0.25, 0.3) is 0 Å². The van der Waals surface area contributed by atoms with Crippen LogP contribution in [0.3, 0.4) is 0 Å². The second-order valence-corrected chi connectivity index (χ2v) is 5.46. The number of aliphatic imine (C=N–C) groups is 1. The predicted octanol–water partition coefficient (Wildman–Crippen LogP) is 4.73. The number of halogens is 1. The van der Waals surface area contributed by atoms with Gasteiger partial charge in [-0.05, 0) is 44.3 Å². The van der Waals surface area contributed by atoms with Crippen molar-refractivity contribution >= 4 is 23.2 Å². The van der Waals surface area contributed by atoms with Crippen LogP contribution in [0.1, 0.15) is 20.3 Å². The lowest BCUT2D eigenvalue weighted by molar-refractivity contribution is 0.628. The smallest absolute Gasteiger partial charge is 0.189 e. The molecule has 1 aromatic heterocycles. The third-order valence-electron chi connectivity index (χ3n) is 3.37. The summed E-state index contributed by atoms with van der Waals surface area (Å²) in [5.74, 6) is -0.241. The van der Waals surface area contributed by atoms with Crippen LogP contribution in [0.4, 0.5) is 9.52 Å². The number of aromatic nitrogens is 1. The van der Waals surface area contributed by atoms with Crippen molar-refractivity contribution in [3.05, 3.63) is 46.9 Å². The molecule has 0 spiro atoms. The van der Waals surface area contributed by atoms with Crippen molar-refractivity contribution in [3.8, 4) is 11.3 Å². The molecule has 110 valence electrons. The van der Waals surface area contributed by atoms with Gasteiger partial charge in [0, 0.05) is 23.7 Å². The summed E-state index contributed by atoms with van der Waals surface area (Å²) in [7, 11) is 1.96. The molecular formula is C16H18FN3S. The van der Waals surface area contributed by atoms with Gasteiger partial charge in [0.1, 0.15) is 5.82 Å². The first-order chi connectivity index (χ1) is 10.1. The zero-order valence-corrected chi connectivity index (χ0v) is 13.2. The molecule has 0 aliphatic rings. The molecule has 0 aliphatic heterocycles. The highest BCUT2D eigenvalue weighted by molar-refractivity contribution is 7.14. The van der Waals surface area contributed by atoms with Gasteiger partial charge in [-0.3, -0.25) is 4.99 Å². The van der Waals surface area contributed by atoms with Crippen molar-refractivity contribution < 1.29 is 4.39 Å². The Labute approximate surface area is 128 Å². The Morgan fingerprint density at radius 3 is 2.62 bits per heavy atom. The van der Waals surface area contributed by atoms with Crippen LogP contribution in [0.2, 0.25) is 0 Å². The van der Waals surface area contributed by atoms with Crippen molar-refractivity contribution in [1.29, 1.82) is 0 Å². The van der Waals surface area contributed by atoms with Crippen LogP contribution < -0.4 is 4.90 Å². The lowest BCUT2D eigenvalue weighted by Gasteiger charge is -2.18. The zero-order valence-electron chi connectivity index (χ0n) is 12.4. The molecule has 1 aromatic carbocycles. The van der Waals surface area contributed by atoms with Gasteiger partial charge in [-0.15, -0.1) is 11.3 Å². The van der Waals surface area contributed by atoms with E-state index in [-0.39, 0.29) is 5.82 Å². The van der Waals surface area contributed by atoms with Crippen LogP contribution in [-0.4, -0.2) is 18.7 Å². The van der Waals surface area contributed by atoms with E-state index < -0.39 is 0 Å². The van der Waals surface area contributed by atoms with E-state index in [2.05, 4.69) is 16.7 Å². The van der Waals surface area contributed by atoms with Crippen LogP contribution in [0, 0.1) is 5.82 Å². The number of anilines is 1. The minimum atomic E-state index is -0.241. The molecule has 0 aliphatic carbocycles. The Bertz CT molecular complexity index is 658. The molecule has 2 rings (SSSR count). The zero-order chi connectivity index (χ0) is 15.4. The molecule has 0 unspecified atom stereocenters. The minimum absolute atomic E-state index is 0.241. The predicted molar refractivity (Wildman–Crippen MR) is 88.5 cm³/mol. The largest absolute Gasteiger partial charge is 0.323 e. The number of benzene rings is 1. The van der Waals surface area contributed by atoms with Gasteiger partial charge in [0.2, 0.25) is 0 Å². The summed E-state index contributed by atoms with van der Waals surface area (Å²) < 4.78 is 13.0. The Morgan fingerprint density at radius 2 is 2.05 bits per heavy atom. The molecule has 5 heteroatoms. The molecule has 21 heavy (non-hydrogen) atoms. The highest BCUT2D eigenvalue weighted by Crippen LogP contribution is 2.29. The van der Waals surface area contributed by atoms with Gasteiger partial charge < -0.3 is 4.90 Å². The Morgan fingerprint density at radius 1 is 1.38 bits per heavy atom. The third kappa shape index (κ3) is 3.36. The third-order valence-corrected chi connectivity index (χ3v) is 4.28. The van der Waals surface area contributed by atoms with E-state index in [9.17, 15) is 4.39 Å². The standard InChI is InChI=1S/C16H18FN3S/c1-5-14(18-3)11(2)20(4)16-19-15(10-21-16)12-6-8-13(17)9-7-12/h6-10H,3,5H2,1-2,4H3. The summed E-state index contributed by atoms with van der Waals surface area (Å²) in [6.45, 7) is 7.66. The van der Waals surface area contributed by atoms with E-state index in [0.29, 0.717) is 0 Å². The van der Waals surface area contributed by atoms with Crippen molar-refractivity contribution in [3.63, 3.8) is 0 Å². The van der Waals surface area contributed by atoms with Crippen LogP contribution in [0.25, 0.3) is 11.3 Å². The first-order valence-corrected chi connectivity index (χ1v) is 7.56. The second-order valence-electron chi connectivity index (χ2n) is 4.63. The molecule has 3 nitrogen and oxygen atoms in total. The molecule has 0 fully saturated rings. The molecular weight excluding hydrogens is 285 g/mol. The van der Waals surface area contributed by atoms with Crippen LogP contribution in [-0.2, 0) is 0 Å². The Balaban J connectivity index is 2.29. The fourth-order valence-corrected chi connectivity index (χ4v) is 2.84. The fourth-order valence-electron chi connectivity index (χ4n) is 1.99. The lowest BCUT2D eigenvalue weighted by atomic mass is 10.2. The number of hydrogen-bond acceptors (Lipinski definition) is 4. The van der Waals surface area contributed by atoms with Crippen LogP contribution >= 0.6 is 11.3 Å². The normalized spacial score (nSPS) is 12.0. The Hall–Kier alpha value is -2.01. The molecule has 0 bridgehead atoms. The number of hydrogen-bond donors (Lipinski definition) is 0. The summed E-state index contributed by atoms with van der Waals surface area (Å²) in [6.07, 6.45) is 0.829. The number of rotatable bonds is 5. The summed E-state index contributed by atoms with van der Waals surface area (Å²) in [5.41, 5.74) is 3.74. The monoisotopic (exact) mass is 303 g/mol. The average molecular weight is 303 g/mol. The van der Waals surface area contributed by atoms with Gasteiger partial charge >= 0.3 is 0 Å². The van der Waals surface area contributed by atoms with Gasteiger partial charge in [0.15, 0.2) is 5.13 Å². The van der Waals surface area contributed by atoms with Gasteiger partial charge in [0.05, 0.1) is 11.4 Å². The average Bonchev–Trinajstić information content (AvgIpc) is 2.98. The number of thiazole rings is 1. The maximum absolute atomic E-state index is 13.0. The molecule has 0 amide bonds. The quantitative estimate of drug-likeness (QED) is 0.747. The first-order valence-electron chi connectivity index (χ1n) is 6.68. The van der Waals surface area contributed by atoms with E-state index >= 15 is 0 Å². The summed E-state index contributed by atoms with van der Waals surface area (Å²) >= 11 is 1.55. The minimum Gasteiger partial charge on any atom is -0.323 e. The lowest BCUT2D eigenvalue weighted by Crippen LogP contribution is -2.15. The topological polar surface area (TPSA) is 28.5 Å². The van der Waals surface area contributed by atoms with Gasteiger partial charge in [-0.25, -0.2) is 9.37 Å². The van der Waals surface area contributed by atoms with Crippen LogP contribution in [0.15, 0.2) is 46.0 Å². The Kier molecular flexibility index (Phi) is 4.85. The highest BCUT2D eigenvalue weighted by Gasteiger charge is 2.12. The molecule has 0 radical (unpaired) electrons. The molecule has 2 aromatic rings. The highest BCUT2D eigenvalue weighted by atomic mass is 32.1. The fraction of sp³-hybridized carbons (Fsp3) is 0.250. The summed E-state index contributed by atoms with van der Waals surface area (Å²) in [5, 5.41) is 2.85. The van der Waals surface area contributed by atoms with Crippen molar-refractivity contribution in [2.75, 3.05) is 11.9 Å². The molecule has 0 atom stereocenters. The van der Waals surface area contributed by atoms with E-state index in [1.165, 1.54) is 12.1 Å². The van der Waals surface area contributed by atoms with Crippen molar-refractivity contribution in [1.82, 2.24) is 4.98 Å². The first kappa shape index (κ1) is 15.4. The van der Waals surface area contributed by atoms with E-state index in [0.717, 1.165) is 34.2 Å². The van der Waals surface area contributed by atoms with Gasteiger partial charge in [-0.2, -0.15) is 0 Å². The van der Waals surface area contributed by atoms with Crippen molar-refractivity contribution in [2.24, 2.45) is 4.99 Å². The molecule has 0 saturated carbocycles. The second kappa shape index (κ2) is 6.63. The summed E-state index contributed by atoms with van der Waals surface area (Å²) in [6, 6.07) is 6.36. The molecule has 0 saturated heterocycles. The molecule has 0 N–H and O–H groups in total.